The number of carbonyl (C=O) groups excluding carboxylic acids is 2. The van der Waals surface area contributed by atoms with E-state index in [2.05, 4.69) is 28.1 Å². The van der Waals surface area contributed by atoms with Crippen LogP contribution < -0.4 is 4.90 Å². The summed E-state index contributed by atoms with van der Waals surface area (Å²) in [5.74, 6) is 0.484. The van der Waals surface area contributed by atoms with Crippen LogP contribution in [0.15, 0.2) is 24.3 Å². The third-order valence-corrected chi connectivity index (χ3v) is 6.12. The van der Waals surface area contributed by atoms with Crippen LogP contribution in [0.5, 0.6) is 0 Å². The van der Waals surface area contributed by atoms with Gasteiger partial charge in [0.2, 0.25) is 11.0 Å². The van der Waals surface area contributed by atoms with Gasteiger partial charge in [-0.1, -0.05) is 12.1 Å². The van der Waals surface area contributed by atoms with Crippen LogP contribution >= 0.6 is 11.5 Å². The number of nitrogens with zero attached hydrogens (tertiary/aromatic N) is 5. The van der Waals surface area contributed by atoms with Crippen LogP contribution in [0.3, 0.4) is 0 Å². The second kappa shape index (κ2) is 11.2. The van der Waals surface area contributed by atoms with Crippen LogP contribution in [0.25, 0.3) is 0 Å². The molecule has 1 aromatic heterocycles. The summed E-state index contributed by atoms with van der Waals surface area (Å²) in [6, 6.07) is 6.49. The molecule has 0 bridgehead atoms. The Bertz CT molecular complexity index is 897. The molecule has 1 saturated heterocycles. The molecule has 2 amide bonds. The van der Waals surface area contributed by atoms with E-state index in [4.69, 9.17) is 4.74 Å². The van der Waals surface area contributed by atoms with E-state index in [1.165, 1.54) is 23.7 Å². The number of benzene rings is 1. The highest BCUT2D eigenvalue weighted by Gasteiger charge is 2.25. The van der Waals surface area contributed by atoms with Gasteiger partial charge in [-0.3, -0.25) is 4.79 Å². The first-order valence-corrected chi connectivity index (χ1v) is 11.7. The molecule has 1 fully saturated rings. The van der Waals surface area contributed by atoms with Gasteiger partial charge in [-0.05, 0) is 38.5 Å². The average molecular weight is 464 g/mol. The summed E-state index contributed by atoms with van der Waals surface area (Å²) in [6.45, 7) is 8.79. The van der Waals surface area contributed by atoms with E-state index >= 15 is 0 Å². The highest BCUT2D eigenvalue weighted by molar-refractivity contribution is 7.09. The van der Waals surface area contributed by atoms with E-state index in [0.717, 1.165) is 10.7 Å². The van der Waals surface area contributed by atoms with Gasteiger partial charge in [0.25, 0.3) is 0 Å². The lowest BCUT2D eigenvalue weighted by molar-refractivity contribution is -0.132. The molecule has 0 N–H and O–H groups in total. The van der Waals surface area contributed by atoms with Crippen LogP contribution in [-0.4, -0.2) is 76.5 Å². The van der Waals surface area contributed by atoms with Crippen LogP contribution in [-0.2, 0) is 16.0 Å². The monoisotopic (exact) mass is 463 g/mol. The van der Waals surface area contributed by atoms with Crippen molar-refractivity contribution in [3.8, 4) is 0 Å². The Labute approximate surface area is 192 Å². The summed E-state index contributed by atoms with van der Waals surface area (Å²) in [5, 5.41) is 0.775. The van der Waals surface area contributed by atoms with E-state index in [0.29, 0.717) is 58.0 Å². The molecule has 0 unspecified atom stereocenters. The van der Waals surface area contributed by atoms with Crippen LogP contribution in [0.4, 0.5) is 14.3 Å². The summed E-state index contributed by atoms with van der Waals surface area (Å²) in [4.78, 5) is 34.7. The second-order valence-electron chi connectivity index (χ2n) is 7.90. The highest BCUT2D eigenvalue weighted by Crippen LogP contribution is 2.22. The highest BCUT2D eigenvalue weighted by atomic mass is 32.1. The van der Waals surface area contributed by atoms with Crippen LogP contribution in [0.2, 0.25) is 0 Å². The Morgan fingerprint density at radius 2 is 1.81 bits per heavy atom. The minimum absolute atomic E-state index is 0.0650. The number of hydrogen-bond donors (Lipinski definition) is 0. The lowest BCUT2D eigenvalue weighted by Gasteiger charge is -2.34. The molecule has 0 radical (unpaired) electrons. The largest absolute Gasteiger partial charge is 0.450 e. The van der Waals surface area contributed by atoms with Gasteiger partial charge in [0.05, 0.1) is 6.61 Å². The number of ether oxygens (including phenoxy) is 1. The number of rotatable bonds is 8. The zero-order valence-corrected chi connectivity index (χ0v) is 19.6. The van der Waals surface area contributed by atoms with Crippen LogP contribution in [0.1, 0.15) is 38.6 Å². The van der Waals surface area contributed by atoms with Gasteiger partial charge in [0, 0.05) is 63.1 Å². The fourth-order valence-corrected chi connectivity index (χ4v) is 4.37. The summed E-state index contributed by atoms with van der Waals surface area (Å²) in [6.07, 6.45) is 0.579. The summed E-state index contributed by atoms with van der Waals surface area (Å²) < 4.78 is 22.6. The fraction of sp³-hybridized carbons (Fsp3) is 0.545. The molecule has 1 aliphatic rings. The van der Waals surface area contributed by atoms with Gasteiger partial charge < -0.3 is 19.4 Å². The molecular weight excluding hydrogens is 433 g/mol. The molecule has 10 heteroatoms. The van der Waals surface area contributed by atoms with Crippen molar-refractivity contribution in [3.05, 3.63) is 41.5 Å². The van der Waals surface area contributed by atoms with Crippen molar-refractivity contribution in [2.75, 3.05) is 44.2 Å². The van der Waals surface area contributed by atoms with Gasteiger partial charge in [0.15, 0.2) is 0 Å². The van der Waals surface area contributed by atoms with E-state index in [9.17, 15) is 14.0 Å². The maximum atomic E-state index is 13.1. The molecule has 0 saturated carbocycles. The average Bonchev–Trinajstić information content (AvgIpc) is 3.23. The number of piperazine rings is 1. The number of anilines is 1. The summed E-state index contributed by atoms with van der Waals surface area (Å²) >= 11 is 1.31. The molecule has 174 valence electrons. The topological polar surface area (TPSA) is 78.9 Å². The Kier molecular flexibility index (Phi) is 8.38. The third-order valence-electron chi connectivity index (χ3n) is 5.33. The zero-order chi connectivity index (χ0) is 23.1. The quantitative estimate of drug-likeness (QED) is 0.598. The lowest BCUT2D eigenvalue weighted by Crippen LogP contribution is -2.51. The number of aromatic nitrogens is 2. The molecule has 2 heterocycles. The minimum atomic E-state index is -0.321. The van der Waals surface area contributed by atoms with Crippen molar-refractivity contribution in [2.24, 2.45) is 0 Å². The van der Waals surface area contributed by atoms with Gasteiger partial charge in [-0.2, -0.15) is 4.37 Å². The van der Waals surface area contributed by atoms with Crippen molar-refractivity contribution < 1.29 is 18.7 Å². The zero-order valence-electron chi connectivity index (χ0n) is 18.8. The van der Waals surface area contributed by atoms with E-state index < -0.39 is 0 Å². The Morgan fingerprint density at radius 1 is 1.16 bits per heavy atom. The molecule has 0 atom stereocenters. The van der Waals surface area contributed by atoms with Crippen molar-refractivity contribution in [3.63, 3.8) is 0 Å². The van der Waals surface area contributed by atoms with Gasteiger partial charge in [-0.25, -0.2) is 14.2 Å². The molecular formula is C22H30FN5O3S. The number of hydrogen-bond acceptors (Lipinski definition) is 7. The molecule has 0 aliphatic carbocycles. The normalized spacial score (nSPS) is 14.0. The fourth-order valence-electron chi connectivity index (χ4n) is 3.52. The van der Waals surface area contributed by atoms with Gasteiger partial charge in [0.1, 0.15) is 11.6 Å². The molecule has 0 spiro atoms. The first kappa shape index (κ1) is 23.9. The van der Waals surface area contributed by atoms with E-state index in [1.807, 2.05) is 0 Å². The molecule has 8 nitrogen and oxygen atoms in total. The molecule has 2 aromatic rings. The van der Waals surface area contributed by atoms with Gasteiger partial charge in [-0.15, -0.1) is 0 Å². The maximum Gasteiger partial charge on any atom is 0.409 e. The minimum Gasteiger partial charge on any atom is -0.450 e. The number of halogens is 1. The second-order valence-corrected chi connectivity index (χ2v) is 8.63. The number of carbonyl (C=O) groups is 2. The van der Waals surface area contributed by atoms with E-state index in [1.54, 1.807) is 28.9 Å². The molecule has 1 aliphatic heterocycles. The summed E-state index contributed by atoms with van der Waals surface area (Å²) in [5.41, 5.74) is 0.948. The standard InChI is InChI=1S/C22H30FN5O3S/c1-4-31-22(30)27-13-11-26(12-14-27)20(29)9-10-28(16(2)3)21-24-19(25-32-21)15-17-5-7-18(23)8-6-17/h5-8,16H,4,9-15H2,1-3H3. The predicted molar refractivity (Wildman–Crippen MR) is 121 cm³/mol. The Balaban J connectivity index is 1.52. The molecule has 3 rings (SSSR count). The van der Waals surface area contributed by atoms with Crippen molar-refractivity contribution in [1.82, 2.24) is 19.2 Å². The first-order valence-electron chi connectivity index (χ1n) is 10.9. The number of amides is 2. The first-order chi connectivity index (χ1) is 15.4. The predicted octanol–water partition coefficient (Wildman–Crippen LogP) is 3.17. The van der Waals surface area contributed by atoms with Crippen molar-refractivity contribution in [1.29, 1.82) is 0 Å². The SMILES string of the molecule is CCOC(=O)N1CCN(C(=O)CCN(c2nc(Cc3ccc(F)cc3)ns2)C(C)C)CC1. The lowest BCUT2D eigenvalue weighted by atomic mass is 10.1. The molecule has 1 aromatic carbocycles. The molecule has 32 heavy (non-hydrogen) atoms. The van der Waals surface area contributed by atoms with Gasteiger partial charge >= 0.3 is 6.09 Å². The Morgan fingerprint density at radius 3 is 2.44 bits per heavy atom. The van der Waals surface area contributed by atoms with Crippen molar-refractivity contribution in [2.45, 2.75) is 39.7 Å². The third kappa shape index (κ3) is 6.38. The van der Waals surface area contributed by atoms with Crippen molar-refractivity contribution >= 4 is 28.7 Å². The summed E-state index contributed by atoms with van der Waals surface area (Å²) in [7, 11) is 0. The van der Waals surface area contributed by atoms with Crippen LogP contribution in [0, 0.1) is 5.82 Å². The van der Waals surface area contributed by atoms with E-state index in [-0.39, 0.29) is 23.9 Å². The maximum absolute atomic E-state index is 13.1. The smallest absolute Gasteiger partial charge is 0.409 e. The Hall–Kier alpha value is -2.75.